The van der Waals surface area contributed by atoms with Crippen molar-refractivity contribution in [1.82, 2.24) is 0 Å². The number of epoxide rings is 4. The summed E-state index contributed by atoms with van der Waals surface area (Å²) in [6.45, 7) is 6.88. The van der Waals surface area contributed by atoms with Gasteiger partial charge < -0.3 is 52.5 Å². The molecule has 0 amide bonds. The quantitative estimate of drug-likeness (QED) is 0.194. The summed E-state index contributed by atoms with van der Waals surface area (Å²) in [5.41, 5.74) is 0. The Morgan fingerprint density at radius 1 is 0.531 bits per heavy atom. The van der Waals surface area contributed by atoms with E-state index in [1.807, 2.05) is 0 Å². The zero-order valence-electron chi connectivity index (χ0n) is 18.5. The third kappa shape index (κ3) is 11.6. The lowest BCUT2D eigenvalue weighted by Gasteiger charge is -2.20. The molecule has 1 N–H and O–H groups in total. The maximum Gasteiger partial charge on any atom is 0.104 e. The Morgan fingerprint density at radius 2 is 0.875 bits per heavy atom. The number of ether oxygens (including phenoxy) is 10. The van der Waals surface area contributed by atoms with Gasteiger partial charge in [0.05, 0.1) is 92.5 Å². The maximum atomic E-state index is 10.2. The molecule has 4 heterocycles. The first-order valence-corrected chi connectivity index (χ1v) is 11.4. The molecule has 11 heteroatoms. The fourth-order valence-corrected chi connectivity index (χ4v) is 2.81. The summed E-state index contributed by atoms with van der Waals surface area (Å²) >= 11 is 0. The molecule has 0 spiro atoms. The van der Waals surface area contributed by atoms with Gasteiger partial charge in [0.15, 0.2) is 0 Å². The molecule has 11 nitrogen and oxygen atoms in total. The minimum atomic E-state index is -0.753. The Kier molecular flexibility index (Phi) is 10.4. The van der Waals surface area contributed by atoms with E-state index >= 15 is 0 Å². The minimum Gasteiger partial charge on any atom is -0.388 e. The van der Waals surface area contributed by atoms with E-state index in [2.05, 4.69) is 0 Å². The number of aliphatic hydroxyl groups is 1. The zero-order valence-corrected chi connectivity index (χ0v) is 18.5. The third-order valence-electron chi connectivity index (χ3n) is 5.09. The molecule has 32 heavy (non-hydrogen) atoms. The van der Waals surface area contributed by atoms with Gasteiger partial charge in [0.25, 0.3) is 0 Å². The molecule has 0 aromatic heterocycles. The van der Waals surface area contributed by atoms with Crippen LogP contribution in [0.2, 0.25) is 0 Å². The SMILES string of the molecule is OC(COCC(COCC1CO1)OCC1CO1)COCC(COCC1CO1)OCC1CO1. The molecule has 0 aromatic rings. The van der Waals surface area contributed by atoms with Crippen LogP contribution in [0.4, 0.5) is 0 Å². The standard InChI is InChI=1S/C21H36O11/c22-15(1-23-3-16(27-11-20-13-31-20)5-25-7-18-9-29-18)2-24-4-17(28-12-21-14-32-21)6-26-8-19-10-30-19/h15-22H,1-14H2. The van der Waals surface area contributed by atoms with Gasteiger partial charge in [-0.05, 0) is 0 Å². The molecule has 4 aliphatic rings. The fraction of sp³-hybridized carbons (Fsp3) is 1.00. The molecule has 4 rings (SSSR count). The van der Waals surface area contributed by atoms with E-state index in [1.54, 1.807) is 0 Å². The lowest BCUT2D eigenvalue weighted by molar-refractivity contribution is -0.0970. The smallest absolute Gasteiger partial charge is 0.104 e. The first-order valence-electron chi connectivity index (χ1n) is 11.4. The average Bonchev–Trinajstić information content (AvgIpc) is 3.63. The molecule has 0 bridgehead atoms. The minimum absolute atomic E-state index is 0.141. The maximum absolute atomic E-state index is 10.2. The summed E-state index contributed by atoms with van der Waals surface area (Å²) in [5, 5.41) is 10.2. The predicted molar refractivity (Wildman–Crippen MR) is 108 cm³/mol. The number of hydrogen-bond acceptors (Lipinski definition) is 11. The Morgan fingerprint density at radius 3 is 1.25 bits per heavy atom. The molecule has 6 unspecified atom stereocenters. The van der Waals surface area contributed by atoms with E-state index in [9.17, 15) is 5.11 Å². The van der Waals surface area contributed by atoms with Crippen molar-refractivity contribution < 1.29 is 52.5 Å². The van der Waals surface area contributed by atoms with E-state index in [0.29, 0.717) is 52.9 Å². The molecule has 0 aromatic carbocycles. The first kappa shape index (κ1) is 24.7. The Bertz CT molecular complexity index is 464. The Hall–Kier alpha value is -0.440. The number of aliphatic hydroxyl groups excluding tert-OH is 1. The summed E-state index contributed by atoms with van der Waals surface area (Å²) in [5.74, 6) is 0. The largest absolute Gasteiger partial charge is 0.388 e. The van der Waals surface area contributed by atoms with Crippen LogP contribution in [0.1, 0.15) is 0 Å². The summed E-state index contributed by atoms with van der Waals surface area (Å²) < 4.78 is 54.7. The molecule has 6 atom stereocenters. The molecular weight excluding hydrogens is 428 g/mol. The zero-order chi connectivity index (χ0) is 22.0. The van der Waals surface area contributed by atoms with Crippen LogP contribution in [0.3, 0.4) is 0 Å². The van der Waals surface area contributed by atoms with Crippen LogP contribution in [0.15, 0.2) is 0 Å². The van der Waals surface area contributed by atoms with E-state index in [4.69, 9.17) is 47.4 Å². The number of hydrogen-bond donors (Lipinski definition) is 1. The summed E-state index contributed by atoms with van der Waals surface area (Å²) in [4.78, 5) is 0. The van der Waals surface area contributed by atoms with E-state index < -0.39 is 6.10 Å². The van der Waals surface area contributed by atoms with Gasteiger partial charge in [-0.3, -0.25) is 0 Å². The van der Waals surface area contributed by atoms with Gasteiger partial charge in [0.1, 0.15) is 42.7 Å². The molecule has 0 saturated carbocycles. The van der Waals surface area contributed by atoms with Crippen LogP contribution in [0.25, 0.3) is 0 Å². The highest BCUT2D eigenvalue weighted by Gasteiger charge is 2.27. The lowest BCUT2D eigenvalue weighted by Crippen LogP contribution is -2.32. The van der Waals surface area contributed by atoms with Gasteiger partial charge in [0, 0.05) is 0 Å². The van der Waals surface area contributed by atoms with E-state index in [0.717, 1.165) is 26.4 Å². The van der Waals surface area contributed by atoms with Crippen molar-refractivity contribution in [3.63, 3.8) is 0 Å². The predicted octanol–water partition coefficient (Wildman–Crippen LogP) is -1.22. The number of rotatable bonds is 22. The van der Waals surface area contributed by atoms with Crippen LogP contribution >= 0.6 is 0 Å². The molecule has 0 radical (unpaired) electrons. The molecular formula is C21H36O11. The van der Waals surface area contributed by atoms with Crippen molar-refractivity contribution in [2.24, 2.45) is 0 Å². The molecule has 0 aliphatic carbocycles. The second-order valence-electron chi connectivity index (χ2n) is 8.54. The van der Waals surface area contributed by atoms with Crippen molar-refractivity contribution in [3.05, 3.63) is 0 Å². The van der Waals surface area contributed by atoms with Gasteiger partial charge in [-0.15, -0.1) is 0 Å². The molecule has 186 valence electrons. The van der Waals surface area contributed by atoms with Crippen LogP contribution in [-0.2, 0) is 47.4 Å². The average molecular weight is 465 g/mol. The summed E-state index contributed by atoms with van der Waals surface area (Å²) in [7, 11) is 0. The first-order chi connectivity index (χ1) is 15.7. The third-order valence-corrected chi connectivity index (χ3v) is 5.09. The molecule has 4 saturated heterocycles. The fourth-order valence-electron chi connectivity index (χ4n) is 2.81. The highest BCUT2D eigenvalue weighted by atomic mass is 16.6. The van der Waals surface area contributed by atoms with Gasteiger partial charge >= 0.3 is 0 Å². The normalized spacial score (nSPS) is 30.7. The van der Waals surface area contributed by atoms with Crippen molar-refractivity contribution in [1.29, 1.82) is 0 Å². The van der Waals surface area contributed by atoms with Gasteiger partial charge in [-0.2, -0.15) is 0 Å². The van der Waals surface area contributed by atoms with Crippen LogP contribution in [0, 0.1) is 0 Å². The van der Waals surface area contributed by atoms with E-state index in [-0.39, 0.29) is 49.8 Å². The van der Waals surface area contributed by atoms with Crippen LogP contribution in [-0.4, -0.2) is 140 Å². The monoisotopic (exact) mass is 464 g/mol. The Balaban J connectivity index is 1.04. The lowest BCUT2D eigenvalue weighted by atomic mass is 10.3. The van der Waals surface area contributed by atoms with E-state index in [1.165, 1.54) is 0 Å². The second kappa shape index (κ2) is 13.4. The van der Waals surface area contributed by atoms with Crippen LogP contribution in [0.5, 0.6) is 0 Å². The topological polar surface area (TPSA) is 126 Å². The molecule has 4 fully saturated rings. The summed E-state index contributed by atoms with van der Waals surface area (Å²) in [6, 6.07) is 0. The van der Waals surface area contributed by atoms with Crippen molar-refractivity contribution in [2.45, 2.75) is 42.7 Å². The van der Waals surface area contributed by atoms with Gasteiger partial charge in [-0.1, -0.05) is 0 Å². The van der Waals surface area contributed by atoms with Crippen molar-refractivity contribution >= 4 is 0 Å². The van der Waals surface area contributed by atoms with Crippen LogP contribution < -0.4 is 0 Å². The van der Waals surface area contributed by atoms with Crippen molar-refractivity contribution in [3.8, 4) is 0 Å². The summed E-state index contributed by atoms with van der Waals surface area (Å²) in [6.07, 6.45) is -0.436. The Labute approximate surface area is 188 Å². The van der Waals surface area contributed by atoms with Crippen molar-refractivity contribution in [2.75, 3.05) is 92.5 Å². The van der Waals surface area contributed by atoms with Gasteiger partial charge in [-0.25, -0.2) is 0 Å². The molecule has 4 aliphatic heterocycles. The second-order valence-corrected chi connectivity index (χ2v) is 8.54. The highest BCUT2D eigenvalue weighted by Crippen LogP contribution is 2.13. The van der Waals surface area contributed by atoms with Gasteiger partial charge in [0.2, 0.25) is 0 Å². The highest BCUT2D eigenvalue weighted by molar-refractivity contribution is 4.72.